The highest BCUT2D eigenvalue weighted by molar-refractivity contribution is 7.86. The molecule has 5 heterocycles. The highest BCUT2D eigenvalue weighted by atomic mass is 32.2. The standard InChI is InChI=1S/C44H54N4O12S2.C41H51N3O10S2/c1-6-60-42(53)46-23-21-45(22-24-46)39-29(13-17-37-43(2,3)33-27-31(40(49)50)11-15-35(33)47(37)19-7-25-61(54,55)56)9-10-30(39)14-18-38-44(4,5)34-28-32(41(51)52)12-16-36(34)48(38)20-8-26-62(57,58)59;1-7-42(8-2)37-27(15-19-35-40(3,4)31-25-29(38(45)46)13-17-33(31)43(35)21-9-23-55(49,50)51)11-12-28(37)16-20-36-41(5,6)32-26-30(39(47)48)14-18-34(32)44(36)22-10-24-56(52,53)54/h11-18,27-28H,6-10,19-26H2,1-5H3,(H3-,49,50,51,52,54,55,56,57,58,59);13-20,25-26H,7-12,21-24H2,1-6H3,(H3-,45,46,47,48,49,50,51,52,53,54)/p-2. The van der Waals surface area contributed by atoms with E-state index in [0.717, 1.165) is 115 Å². The van der Waals surface area contributed by atoms with Crippen LogP contribution in [0.25, 0.3) is 0 Å². The quantitative estimate of drug-likeness (QED) is 0.0318. The first-order chi connectivity index (χ1) is 55.1. The Hall–Kier alpha value is -9.87. The molecule has 636 valence electrons. The van der Waals surface area contributed by atoms with E-state index >= 15 is 0 Å². The molecule has 1 saturated heterocycles. The molecule has 0 aromatic heterocycles. The van der Waals surface area contributed by atoms with Crippen molar-refractivity contribution in [1.82, 2.24) is 4.90 Å². The minimum atomic E-state index is -4.48. The zero-order valence-electron chi connectivity index (χ0n) is 68.2. The molecule has 118 heavy (non-hydrogen) atoms. The second kappa shape index (κ2) is 35.6. The molecular weight excluding hydrogens is 1600 g/mol. The number of allylic oxidation sites excluding steroid dienone is 16. The van der Waals surface area contributed by atoms with Gasteiger partial charge in [0.25, 0.3) is 0 Å². The van der Waals surface area contributed by atoms with Gasteiger partial charge in [-0.1, -0.05) is 79.7 Å². The Morgan fingerprint density at radius 3 is 0.907 bits per heavy atom. The number of ether oxygens (including phenoxy) is 1. The number of amides is 1. The van der Waals surface area contributed by atoms with Gasteiger partial charge in [-0.2, -0.15) is 0 Å². The molecular formula is C85H103N7O22S4-2. The summed E-state index contributed by atoms with van der Waals surface area (Å²) in [6.45, 7) is 26.2. The van der Waals surface area contributed by atoms with E-state index < -0.39 is 109 Å². The van der Waals surface area contributed by atoms with Crippen LogP contribution >= 0.6 is 0 Å². The third-order valence-corrected chi connectivity index (χ3v) is 26.3. The molecule has 4 aromatic carbocycles. The fraction of sp³-hybridized carbons (Fsp3) is 0.447. The van der Waals surface area contributed by atoms with Crippen molar-refractivity contribution >= 4 is 105 Å². The van der Waals surface area contributed by atoms with Gasteiger partial charge in [0.2, 0.25) is 11.4 Å². The number of carbonyl (C=O) groups is 5. The number of hydrogen-bond acceptors (Lipinski definition) is 22. The van der Waals surface area contributed by atoms with Gasteiger partial charge in [-0.05, 0) is 191 Å². The molecule has 0 unspecified atom stereocenters. The smallest absolute Gasteiger partial charge is 0.410 e. The summed E-state index contributed by atoms with van der Waals surface area (Å²) < 4.78 is 148. The zero-order chi connectivity index (χ0) is 86.7. The molecule has 2 saturated carbocycles. The fourth-order valence-electron chi connectivity index (χ4n) is 17.3. The van der Waals surface area contributed by atoms with Crippen LogP contribution in [0.4, 0.5) is 27.5 Å². The summed E-state index contributed by atoms with van der Waals surface area (Å²) in [5, 5.41) is 39.1. The number of carboxylic acid groups (broad SMARTS) is 4. The van der Waals surface area contributed by atoms with Gasteiger partial charge in [0.05, 0.1) is 82.4 Å². The van der Waals surface area contributed by atoms with Crippen molar-refractivity contribution in [3.05, 3.63) is 211 Å². The van der Waals surface area contributed by atoms with E-state index in [9.17, 15) is 96.3 Å². The Balaban J connectivity index is 0.000000250. The molecule has 0 atom stereocenters. The normalized spacial score (nSPS) is 20.7. The lowest BCUT2D eigenvalue weighted by Gasteiger charge is -2.27. The molecule has 1 amide bonds. The van der Waals surface area contributed by atoms with Crippen molar-refractivity contribution in [2.45, 2.75) is 149 Å². The lowest BCUT2D eigenvalue weighted by atomic mass is 9.83. The number of rotatable bonds is 27. The Labute approximate surface area is 690 Å². The summed E-state index contributed by atoms with van der Waals surface area (Å²) in [6.07, 6.45) is 18.8. The fourth-order valence-corrected chi connectivity index (χ4v) is 19.2. The molecule has 3 fully saturated rings. The maximum Gasteiger partial charge on any atom is 0.410 e. The SMILES string of the molecule is CCOC(=O)N1CC[N+](=C2C(=CC=C3N(CCCS(=O)(=O)[O-])c4ccc(C(=O)O)cc4C3(C)C)CC/C2=C\C=C2/N(CCCS(=O)(=O)[O-])c3ccc(C(=O)O)cc3C2(C)C)CC1.CC[N+](CC)=C1C(=CC=C2N(CCCS(=O)(=O)[O-])c3ccc(C(=O)O)cc3C2(C)C)CC/C1=C\C=C1/N(CCCS(=O)(=O)[O-])c2ccc(C(=O)O)cc2C1(C)C. The number of anilines is 4. The van der Waals surface area contributed by atoms with Crippen LogP contribution < -0.4 is 19.6 Å². The van der Waals surface area contributed by atoms with Gasteiger partial charge in [0.15, 0.2) is 13.1 Å². The average molecular weight is 1700 g/mol. The van der Waals surface area contributed by atoms with Crippen molar-refractivity contribution in [3.63, 3.8) is 0 Å². The zero-order valence-corrected chi connectivity index (χ0v) is 71.5. The number of hydrogen-bond donors (Lipinski definition) is 4. The second-order valence-electron chi connectivity index (χ2n) is 32.2. The van der Waals surface area contributed by atoms with Gasteiger partial charge >= 0.3 is 30.0 Å². The van der Waals surface area contributed by atoms with Crippen LogP contribution in [0.3, 0.4) is 0 Å². The largest absolute Gasteiger partial charge is 0.748 e. The summed E-state index contributed by atoms with van der Waals surface area (Å²) in [5.41, 5.74) is 13.2. The number of benzene rings is 4. The van der Waals surface area contributed by atoms with Gasteiger partial charge in [-0.3, -0.25) is 4.90 Å². The molecule has 7 aliphatic rings. The van der Waals surface area contributed by atoms with E-state index in [1.54, 1.807) is 60.4 Å². The number of carboxylic acids is 4. The van der Waals surface area contributed by atoms with Gasteiger partial charge in [-0.15, -0.1) is 0 Å². The predicted octanol–water partition coefficient (Wildman–Crippen LogP) is 10.9. The highest BCUT2D eigenvalue weighted by Crippen LogP contribution is 2.53. The Morgan fingerprint density at radius 1 is 0.415 bits per heavy atom. The minimum absolute atomic E-state index is 0.0567. The van der Waals surface area contributed by atoms with Crippen LogP contribution in [0.2, 0.25) is 0 Å². The lowest BCUT2D eigenvalue weighted by Crippen LogP contribution is -2.47. The number of aromatic carboxylic acids is 4. The first kappa shape index (κ1) is 90.5. The van der Waals surface area contributed by atoms with Crippen LogP contribution in [-0.2, 0) is 66.9 Å². The van der Waals surface area contributed by atoms with Crippen molar-refractivity contribution in [2.24, 2.45) is 0 Å². The Bertz CT molecular complexity index is 5220. The molecule has 4 aromatic rings. The van der Waals surface area contributed by atoms with E-state index in [0.29, 0.717) is 51.9 Å². The van der Waals surface area contributed by atoms with Crippen molar-refractivity contribution in [3.8, 4) is 0 Å². The molecule has 5 aliphatic heterocycles. The van der Waals surface area contributed by atoms with Crippen LogP contribution in [-0.4, -0.2) is 223 Å². The molecule has 33 heteroatoms. The van der Waals surface area contributed by atoms with Crippen LogP contribution in [0, 0.1) is 0 Å². The minimum Gasteiger partial charge on any atom is -0.748 e. The van der Waals surface area contributed by atoms with Gasteiger partial charge in [0.1, 0.15) is 13.1 Å². The van der Waals surface area contributed by atoms with E-state index in [1.807, 2.05) is 111 Å². The molecule has 0 bridgehead atoms. The number of carbonyl (C=O) groups excluding carboxylic acids is 1. The summed E-state index contributed by atoms with van der Waals surface area (Å²) >= 11 is 0. The van der Waals surface area contributed by atoms with Gasteiger partial charge in [-0.25, -0.2) is 66.8 Å². The van der Waals surface area contributed by atoms with Crippen LogP contribution in [0.5, 0.6) is 0 Å². The number of fused-ring (bicyclic) bond motifs is 4. The average Bonchev–Trinajstić information content (AvgIpc) is 1.60. The number of piperazine rings is 1. The maximum absolute atomic E-state index is 12.7. The van der Waals surface area contributed by atoms with Gasteiger partial charge in [0, 0.05) is 139 Å². The molecule has 2 aliphatic carbocycles. The third-order valence-electron chi connectivity index (χ3n) is 23.2. The van der Waals surface area contributed by atoms with Crippen molar-refractivity contribution < 1.29 is 110 Å². The molecule has 0 spiro atoms. The molecule has 4 N–H and O–H groups in total. The van der Waals surface area contributed by atoms with Crippen LogP contribution in [0.15, 0.2) is 166 Å². The van der Waals surface area contributed by atoms with Crippen LogP contribution in [0.1, 0.15) is 191 Å². The third kappa shape index (κ3) is 20.2. The first-order valence-corrected chi connectivity index (χ1v) is 45.6. The highest BCUT2D eigenvalue weighted by Gasteiger charge is 2.46. The van der Waals surface area contributed by atoms with Crippen molar-refractivity contribution in [2.75, 3.05) is 115 Å². The summed E-state index contributed by atoms with van der Waals surface area (Å²) in [6, 6.07) is 19.5. The Morgan fingerprint density at radius 2 is 0.669 bits per heavy atom. The predicted molar refractivity (Wildman–Crippen MR) is 445 cm³/mol. The summed E-state index contributed by atoms with van der Waals surface area (Å²) in [4.78, 5) is 69.9. The summed E-state index contributed by atoms with van der Waals surface area (Å²) in [5.74, 6) is -6.44. The topological polar surface area (TPSA) is 427 Å². The van der Waals surface area contributed by atoms with E-state index in [-0.39, 0.29) is 86.8 Å². The first-order valence-electron chi connectivity index (χ1n) is 39.3. The van der Waals surface area contributed by atoms with E-state index in [4.69, 9.17) is 4.74 Å². The maximum atomic E-state index is 12.7. The molecule has 0 radical (unpaired) electrons. The van der Waals surface area contributed by atoms with Crippen molar-refractivity contribution in [1.29, 1.82) is 0 Å². The van der Waals surface area contributed by atoms with Gasteiger partial charge < -0.3 is 63.0 Å². The van der Waals surface area contributed by atoms with E-state index in [1.165, 1.54) is 24.3 Å². The van der Waals surface area contributed by atoms with E-state index in [2.05, 4.69) is 35.2 Å². The number of nitrogens with zero attached hydrogens (tertiary/aromatic N) is 7. The lowest BCUT2D eigenvalue weighted by molar-refractivity contribution is -0.537. The summed E-state index contributed by atoms with van der Waals surface area (Å²) in [7, 11) is -17.8. The molecule has 11 rings (SSSR count). The molecule has 29 nitrogen and oxygen atoms in total. The Kier molecular flexibility index (Phi) is 27.3. The second-order valence-corrected chi connectivity index (χ2v) is 38.3. The monoisotopic (exact) mass is 1700 g/mol.